The van der Waals surface area contributed by atoms with E-state index in [1.54, 1.807) is 17.8 Å². The molecule has 1 aliphatic rings. The van der Waals surface area contributed by atoms with Crippen LogP contribution in [0.15, 0.2) is 15.4 Å². The van der Waals surface area contributed by atoms with Crippen LogP contribution in [0.4, 0.5) is 0 Å². The molecule has 2 heterocycles. The molecule has 3 nitrogen and oxygen atoms in total. The first-order valence-corrected chi connectivity index (χ1v) is 5.58. The molecule has 1 aliphatic heterocycles. The number of carbonyl (C=O) groups is 1. The summed E-state index contributed by atoms with van der Waals surface area (Å²) >= 11 is 3.17. The van der Waals surface area contributed by atoms with Crippen LogP contribution in [0.2, 0.25) is 0 Å². The lowest BCUT2D eigenvalue weighted by atomic mass is 10.1. The predicted octanol–water partition coefficient (Wildman–Crippen LogP) is 2.23. The number of fused-ring (bicyclic) bond motifs is 1. The van der Waals surface area contributed by atoms with Gasteiger partial charge in [0.05, 0.1) is 14.8 Å². The van der Waals surface area contributed by atoms with Crippen molar-refractivity contribution in [2.24, 2.45) is 5.16 Å². The highest BCUT2D eigenvalue weighted by Crippen LogP contribution is 2.36. The molecule has 0 radical (unpaired) electrons. The second-order valence-electron chi connectivity index (χ2n) is 2.61. The van der Waals surface area contributed by atoms with E-state index >= 15 is 0 Å². The van der Waals surface area contributed by atoms with Gasteiger partial charge in [-0.15, -0.1) is 23.1 Å². The van der Waals surface area contributed by atoms with E-state index in [1.165, 1.54) is 11.3 Å². The third-order valence-corrected chi connectivity index (χ3v) is 4.19. The number of carbonyl (C=O) groups excluding carboxylic acids is 1. The van der Waals surface area contributed by atoms with Crippen molar-refractivity contribution >= 4 is 35.1 Å². The first kappa shape index (κ1) is 8.77. The van der Waals surface area contributed by atoms with Gasteiger partial charge in [-0.3, -0.25) is 4.79 Å². The maximum Gasteiger partial charge on any atom is 0.160 e. The second kappa shape index (κ2) is 3.51. The normalized spacial score (nSPS) is 18.6. The highest BCUT2D eigenvalue weighted by molar-refractivity contribution is 8.01. The average Bonchev–Trinajstić information content (AvgIpc) is 2.59. The van der Waals surface area contributed by atoms with Gasteiger partial charge in [0.25, 0.3) is 0 Å². The Morgan fingerprint density at radius 2 is 2.46 bits per heavy atom. The summed E-state index contributed by atoms with van der Waals surface area (Å²) in [5, 5.41) is 11.9. The van der Waals surface area contributed by atoms with Gasteiger partial charge in [0.2, 0.25) is 0 Å². The predicted molar refractivity (Wildman–Crippen MR) is 53.4 cm³/mol. The summed E-state index contributed by atoms with van der Waals surface area (Å²) in [4.78, 5) is 11.2. The van der Waals surface area contributed by atoms with Gasteiger partial charge in [0.15, 0.2) is 6.29 Å². The van der Waals surface area contributed by atoms with Crippen LogP contribution in [0.5, 0.6) is 0 Å². The molecule has 1 aromatic heterocycles. The quantitative estimate of drug-likeness (QED) is 0.442. The van der Waals surface area contributed by atoms with Crippen LogP contribution >= 0.6 is 23.1 Å². The number of nitrogens with zero attached hydrogens (tertiary/aromatic N) is 1. The molecule has 0 spiro atoms. The SMILES string of the molecule is O=Cc1cc2c(s1)SCCC2=NO. The lowest BCUT2D eigenvalue weighted by Crippen LogP contribution is -2.06. The van der Waals surface area contributed by atoms with E-state index in [0.29, 0.717) is 10.6 Å². The van der Waals surface area contributed by atoms with E-state index in [9.17, 15) is 4.79 Å². The Hall–Kier alpha value is -0.810. The zero-order valence-electron chi connectivity index (χ0n) is 6.69. The van der Waals surface area contributed by atoms with Gasteiger partial charge in [0, 0.05) is 17.7 Å². The maximum atomic E-state index is 10.5. The van der Waals surface area contributed by atoms with Crippen molar-refractivity contribution < 1.29 is 10.0 Å². The Morgan fingerprint density at radius 1 is 1.62 bits per heavy atom. The first-order chi connectivity index (χ1) is 6.35. The van der Waals surface area contributed by atoms with Gasteiger partial charge in [-0.2, -0.15) is 0 Å². The zero-order chi connectivity index (χ0) is 9.26. The summed E-state index contributed by atoms with van der Waals surface area (Å²) < 4.78 is 1.08. The molecule has 1 aromatic rings. The number of thiophene rings is 1. The van der Waals surface area contributed by atoms with E-state index in [-0.39, 0.29) is 0 Å². The van der Waals surface area contributed by atoms with Crippen molar-refractivity contribution in [3.05, 3.63) is 16.5 Å². The Morgan fingerprint density at radius 3 is 3.15 bits per heavy atom. The summed E-state index contributed by atoms with van der Waals surface area (Å²) in [6.45, 7) is 0. The minimum absolute atomic E-state index is 0.693. The summed E-state index contributed by atoms with van der Waals surface area (Å²) in [6, 6.07) is 1.79. The Labute approximate surface area is 83.5 Å². The molecule has 0 fully saturated rings. The van der Waals surface area contributed by atoms with Crippen molar-refractivity contribution in [1.82, 2.24) is 0 Å². The van der Waals surface area contributed by atoms with Crippen molar-refractivity contribution in [3.8, 4) is 0 Å². The Bertz CT molecular complexity index is 370. The Kier molecular flexibility index (Phi) is 2.37. The third-order valence-electron chi connectivity index (χ3n) is 1.84. The summed E-state index contributed by atoms with van der Waals surface area (Å²) in [5.41, 5.74) is 1.61. The monoisotopic (exact) mass is 213 g/mol. The molecule has 0 saturated heterocycles. The van der Waals surface area contributed by atoms with Crippen LogP contribution in [0.25, 0.3) is 0 Å². The van der Waals surface area contributed by atoms with E-state index in [4.69, 9.17) is 5.21 Å². The zero-order valence-corrected chi connectivity index (χ0v) is 8.32. The molecule has 2 rings (SSSR count). The number of oxime groups is 1. The number of rotatable bonds is 1. The van der Waals surface area contributed by atoms with Gasteiger partial charge >= 0.3 is 0 Å². The maximum absolute atomic E-state index is 10.5. The summed E-state index contributed by atoms with van der Waals surface area (Å²) in [5.74, 6) is 0.922. The average molecular weight is 213 g/mol. The minimum atomic E-state index is 0.693. The van der Waals surface area contributed by atoms with Gasteiger partial charge in [-0.25, -0.2) is 0 Å². The molecule has 68 valence electrons. The molecule has 0 aromatic carbocycles. The van der Waals surface area contributed by atoms with E-state index < -0.39 is 0 Å². The lowest BCUT2D eigenvalue weighted by Gasteiger charge is -2.10. The number of hydrogen-bond donors (Lipinski definition) is 1. The van der Waals surface area contributed by atoms with E-state index in [2.05, 4.69) is 5.16 Å². The van der Waals surface area contributed by atoms with E-state index in [1.807, 2.05) is 0 Å². The van der Waals surface area contributed by atoms with Crippen LogP contribution in [-0.4, -0.2) is 23.0 Å². The lowest BCUT2D eigenvalue weighted by molar-refractivity contribution is 0.112. The van der Waals surface area contributed by atoms with Crippen LogP contribution < -0.4 is 0 Å². The molecule has 0 atom stereocenters. The van der Waals surface area contributed by atoms with Crippen molar-refractivity contribution in [1.29, 1.82) is 0 Å². The molecule has 0 saturated carbocycles. The fourth-order valence-electron chi connectivity index (χ4n) is 1.24. The van der Waals surface area contributed by atoms with Crippen molar-refractivity contribution in [2.75, 3.05) is 5.75 Å². The van der Waals surface area contributed by atoms with Crippen LogP contribution in [0.3, 0.4) is 0 Å². The number of thioether (sulfide) groups is 1. The topological polar surface area (TPSA) is 49.7 Å². The second-order valence-corrected chi connectivity index (χ2v) is 5.06. The van der Waals surface area contributed by atoms with Gasteiger partial charge in [-0.1, -0.05) is 5.16 Å². The fourth-order valence-corrected chi connectivity index (χ4v) is 3.55. The molecular weight excluding hydrogens is 206 g/mol. The number of aldehydes is 1. The van der Waals surface area contributed by atoms with Crippen LogP contribution in [-0.2, 0) is 0 Å². The molecule has 1 N–H and O–H groups in total. The van der Waals surface area contributed by atoms with Gasteiger partial charge < -0.3 is 5.21 Å². The molecule has 5 heteroatoms. The minimum Gasteiger partial charge on any atom is -0.411 e. The number of hydrogen-bond acceptors (Lipinski definition) is 5. The highest BCUT2D eigenvalue weighted by Gasteiger charge is 2.19. The largest absolute Gasteiger partial charge is 0.411 e. The smallest absolute Gasteiger partial charge is 0.160 e. The standard InChI is InChI=1S/C8H7NO2S2/c10-4-5-3-6-7(9-11)1-2-12-8(6)13-5/h3-4,11H,1-2H2. The highest BCUT2D eigenvalue weighted by atomic mass is 32.2. The molecule has 0 bridgehead atoms. The summed E-state index contributed by atoms with van der Waals surface area (Å²) in [7, 11) is 0. The van der Waals surface area contributed by atoms with E-state index in [0.717, 1.165) is 28.2 Å². The van der Waals surface area contributed by atoms with Crippen molar-refractivity contribution in [3.63, 3.8) is 0 Å². The van der Waals surface area contributed by atoms with Crippen LogP contribution in [0, 0.1) is 0 Å². The molecule has 0 unspecified atom stereocenters. The van der Waals surface area contributed by atoms with Crippen LogP contribution in [0.1, 0.15) is 21.7 Å². The Balaban J connectivity index is 2.50. The van der Waals surface area contributed by atoms with Gasteiger partial charge in [-0.05, 0) is 6.07 Å². The third kappa shape index (κ3) is 1.49. The van der Waals surface area contributed by atoms with Crippen molar-refractivity contribution in [2.45, 2.75) is 10.6 Å². The van der Waals surface area contributed by atoms with Gasteiger partial charge in [0.1, 0.15) is 0 Å². The molecule has 13 heavy (non-hydrogen) atoms. The molecule has 0 aliphatic carbocycles. The fraction of sp³-hybridized carbons (Fsp3) is 0.250. The first-order valence-electron chi connectivity index (χ1n) is 3.78. The summed E-state index contributed by atoms with van der Waals surface area (Å²) in [6.07, 6.45) is 1.60. The molecular formula is C8H7NO2S2. The molecule has 0 amide bonds.